The molecule has 0 aliphatic heterocycles. The van der Waals surface area contributed by atoms with Crippen molar-refractivity contribution in [2.45, 2.75) is 19.8 Å². The van der Waals surface area contributed by atoms with Crippen LogP contribution in [-0.2, 0) is 6.42 Å². The van der Waals surface area contributed by atoms with Gasteiger partial charge in [0, 0.05) is 10.9 Å². The molecule has 0 heterocycles. The van der Waals surface area contributed by atoms with Crippen molar-refractivity contribution < 1.29 is 30.0 Å². The molecule has 0 aromatic heterocycles. The van der Waals surface area contributed by atoms with E-state index in [2.05, 4.69) is 0 Å². The van der Waals surface area contributed by atoms with Crippen LogP contribution in [0, 0.1) is 0 Å². The lowest BCUT2D eigenvalue weighted by atomic mass is 9.80. The summed E-state index contributed by atoms with van der Waals surface area (Å²) in [6, 6.07) is 7.11. The third-order valence-electron chi connectivity index (χ3n) is 4.90. The highest BCUT2D eigenvalue weighted by Gasteiger charge is 2.38. The van der Waals surface area contributed by atoms with Crippen molar-refractivity contribution in [2.75, 3.05) is 0 Å². The highest BCUT2D eigenvalue weighted by Crippen LogP contribution is 2.48. The molecule has 6 heteroatoms. The summed E-state index contributed by atoms with van der Waals surface area (Å²) in [6.07, 6.45) is 1.43. The van der Waals surface area contributed by atoms with Crippen LogP contribution < -0.4 is 0 Å². The standard InChI is InChI=1S/C21H16O6/c1-2-4-9-7-11-15(13(23)8-9)21(27)17-16(19(11)25)18(24)10-5-3-6-12(22)14(10)20(17)26/h3,5-8,22-23,25,27H,2,4H2,1H3. The van der Waals surface area contributed by atoms with Gasteiger partial charge < -0.3 is 20.4 Å². The summed E-state index contributed by atoms with van der Waals surface area (Å²) >= 11 is 0. The Bertz CT molecular complexity index is 1160. The Morgan fingerprint density at radius 2 is 1.52 bits per heavy atom. The first kappa shape index (κ1) is 16.9. The smallest absolute Gasteiger partial charge is 0.202 e. The topological polar surface area (TPSA) is 115 Å². The summed E-state index contributed by atoms with van der Waals surface area (Å²) in [6.45, 7) is 1.96. The fourth-order valence-corrected chi connectivity index (χ4v) is 3.72. The van der Waals surface area contributed by atoms with E-state index in [1.54, 1.807) is 6.07 Å². The van der Waals surface area contributed by atoms with E-state index in [0.717, 1.165) is 12.0 Å². The number of aromatic hydroxyl groups is 4. The van der Waals surface area contributed by atoms with Crippen LogP contribution in [0.25, 0.3) is 10.8 Å². The Balaban J connectivity index is 2.13. The summed E-state index contributed by atoms with van der Waals surface area (Å²) in [7, 11) is 0. The molecular weight excluding hydrogens is 348 g/mol. The minimum Gasteiger partial charge on any atom is -0.507 e. The number of aryl methyl sites for hydroxylation is 1. The number of hydrogen-bond donors (Lipinski definition) is 4. The van der Waals surface area contributed by atoms with Gasteiger partial charge in [-0.1, -0.05) is 25.5 Å². The maximum absolute atomic E-state index is 12.9. The van der Waals surface area contributed by atoms with Crippen LogP contribution in [0.5, 0.6) is 23.0 Å². The van der Waals surface area contributed by atoms with E-state index in [-0.39, 0.29) is 33.2 Å². The highest BCUT2D eigenvalue weighted by molar-refractivity contribution is 6.33. The summed E-state index contributed by atoms with van der Waals surface area (Å²) in [5.74, 6) is -3.22. The zero-order valence-electron chi connectivity index (χ0n) is 14.4. The van der Waals surface area contributed by atoms with E-state index in [1.165, 1.54) is 24.3 Å². The number of ketones is 2. The molecule has 0 saturated carbocycles. The molecule has 6 nitrogen and oxygen atoms in total. The first-order valence-electron chi connectivity index (χ1n) is 8.51. The van der Waals surface area contributed by atoms with Crippen molar-refractivity contribution in [3.63, 3.8) is 0 Å². The Morgan fingerprint density at radius 3 is 2.22 bits per heavy atom. The third kappa shape index (κ3) is 2.19. The van der Waals surface area contributed by atoms with Gasteiger partial charge in [0.1, 0.15) is 23.0 Å². The second-order valence-corrected chi connectivity index (χ2v) is 6.59. The van der Waals surface area contributed by atoms with Gasteiger partial charge in [0.2, 0.25) is 5.78 Å². The number of fused-ring (bicyclic) bond motifs is 3. The lowest BCUT2D eigenvalue weighted by Crippen LogP contribution is -2.21. The number of phenols is 4. The van der Waals surface area contributed by atoms with E-state index in [1.807, 2.05) is 6.92 Å². The molecule has 4 rings (SSSR count). The van der Waals surface area contributed by atoms with Gasteiger partial charge in [0.05, 0.1) is 22.1 Å². The first-order valence-corrected chi connectivity index (χ1v) is 8.51. The summed E-state index contributed by atoms with van der Waals surface area (Å²) in [4.78, 5) is 25.8. The zero-order valence-corrected chi connectivity index (χ0v) is 14.4. The molecule has 1 aliphatic carbocycles. The summed E-state index contributed by atoms with van der Waals surface area (Å²) < 4.78 is 0. The van der Waals surface area contributed by atoms with E-state index in [9.17, 15) is 30.0 Å². The number of phenolic OH excluding ortho intramolecular Hbond substituents is 4. The molecule has 0 spiro atoms. The monoisotopic (exact) mass is 364 g/mol. The van der Waals surface area contributed by atoms with Crippen LogP contribution in [0.4, 0.5) is 0 Å². The molecule has 0 amide bonds. The van der Waals surface area contributed by atoms with Crippen LogP contribution in [0.3, 0.4) is 0 Å². The van der Waals surface area contributed by atoms with Gasteiger partial charge in [-0.05, 0) is 30.2 Å². The van der Waals surface area contributed by atoms with E-state index < -0.39 is 34.4 Å². The molecule has 0 radical (unpaired) electrons. The summed E-state index contributed by atoms with van der Waals surface area (Å²) in [5.41, 5.74) is -0.292. The average Bonchev–Trinajstić information content (AvgIpc) is 2.62. The lowest BCUT2D eigenvalue weighted by Gasteiger charge is -2.22. The molecular formula is C21H16O6. The fourth-order valence-electron chi connectivity index (χ4n) is 3.72. The second-order valence-electron chi connectivity index (χ2n) is 6.59. The molecule has 3 aromatic rings. The van der Waals surface area contributed by atoms with Gasteiger partial charge in [0.25, 0.3) is 0 Å². The normalized spacial score (nSPS) is 12.9. The molecule has 0 atom stereocenters. The number of carbonyl (C=O) groups excluding carboxylic acids is 2. The molecule has 0 fully saturated rings. The van der Waals surface area contributed by atoms with Crippen molar-refractivity contribution in [1.29, 1.82) is 0 Å². The van der Waals surface area contributed by atoms with Crippen molar-refractivity contribution in [2.24, 2.45) is 0 Å². The van der Waals surface area contributed by atoms with Crippen molar-refractivity contribution in [1.82, 2.24) is 0 Å². The van der Waals surface area contributed by atoms with Crippen molar-refractivity contribution >= 4 is 22.3 Å². The Morgan fingerprint density at radius 1 is 0.815 bits per heavy atom. The molecule has 1 aliphatic rings. The van der Waals surface area contributed by atoms with Crippen molar-refractivity contribution in [3.8, 4) is 23.0 Å². The number of benzene rings is 3. The minimum atomic E-state index is -0.788. The first-order chi connectivity index (χ1) is 12.9. The molecule has 4 N–H and O–H groups in total. The number of hydrogen-bond acceptors (Lipinski definition) is 6. The highest BCUT2D eigenvalue weighted by atomic mass is 16.3. The Hall–Kier alpha value is -3.54. The molecule has 0 bridgehead atoms. The number of rotatable bonds is 2. The SMILES string of the molecule is CCCc1cc(O)c2c(O)c3c(c(O)c2c1)C(=O)c1cccc(O)c1C3=O. The van der Waals surface area contributed by atoms with Crippen LogP contribution in [-0.4, -0.2) is 32.0 Å². The van der Waals surface area contributed by atoms with Gasteiger partial charge in [-0.2, -0.15) is 0 Å². The molecule has 3 aromatic carbocycles. The fraction of sp³-hybridized carbons (Fsp3) is 0.143. The van der Waals surface area contributed by atoms with Crippen LogP contribution in [0.1, 0.15) is 50.8 Å². The van der Waals surface area contributed by atoms with Gasteiger partial charge in [-0.25, -0.2) is 0 Å². The van der Waals surface area contributed by atoms with Gasteiger partial charge in [0.15, 0.2) is 5.78 Å². The molecule has 27 heavy (non-hydrogen) atoms. The predicted octanol–water partition coefficient (Wildman–Crippen LogP) is 3.39. The zero-order chi connectivity index (χ0) is 19.5. The predicted molar refractivity (Wildman–Crippen MR) is 97.9 cm³/mol. The molecule has 0 unspecified atom stereocenters. The second kappa shape index (κ2) is 5.74. The lowest BCUT2D eigenvalue weighted by molar-refractivity contribution is 0.0972. The van der Waals surface area contributed by atoms with E-state index in [0.29, 0.717) is 6.42 Å². The maximum atomic E-state index is 12.9. The Labute approximate surface area is 153 Å². The van der Waals surface area contributed by atoms with Gasteiger partial charge >= 0.3 is 0 Å². The van der Waals surface area contributed by atoms with Crippen LogP contribution in [0.2, 0.25) is 0 Å². The molecule has 136 valence electrons. The molecule has 0 saturated heterocycles. The largest absolute Gasteiger partial charge is 0.507 e. The minimum absolute atomic E-state index is 0.0458. The summed E-state index contributed by atoms with van der Waals surface area (Å²) in [5, 5.41) is 41.9. The van der Waals surface area contributed by atoms with Crippen LogP contribution in [0.15, 0.2) is 30.3 Å². The Kier molecular flexibility index (Phi) is 3.59. The quantitative estimate of drug-likeness (QED) is 0.405. The average molecular weight is 364 g/mol. The van der Waals surface area contributed by atoms with Gasteiger partial charge in [-0.15, -0.1) is 0 Å². The van der Waals surface area contributed by atoms with Crippen LogP contribution >= 0.6 is 0 Å². The maximum Gasteiger partial charge on any atom is 0.202 e. The third-order valence-corrected chi connectivity index (χ3v) is 4.90. The van der Waals surface area contributed by atoms with Gasteiger partial charge in [-0.3, -0.25) is 9.59 Å². The number of carbonyl (C=O) groups is 2. The van der Waals surface area contributed by atoms with Crippen molar-refractivity contribution in [3.05, 3.63) is 58.1 Å². The van der Waals surface area contributed by atoms with E-state index >= 15 is 0 Å². The van der Waals surface area contributed by atoms with E-state index in [4.69, 9.17) is 0 Å².